The molecular formula is C13H10F3NO3. The molecule has 20 heavy (non-hydrogen) atoms. The number of carbonyl (C=O) groups excluding carboxylic acids is 1. The minimum Gasteiger partial charge on any atom is -0.506 e. The van der Waals surface area contributed by atoms with Crippen molar-refractivity contribution in [1.82, 2.24) is 4.57 Å². The van der Waals surface area contributed by atoms with Crippen molar-refractivity contribution >= 4 is 16.7 Å². The molecule has 0 atom stereocenters. The molecule has 0 fully saturated rings. The first kappa shape index (κ1) is 14.1. The van der Waals surface area contributed by atoms with Gasteiger partial charge in [0.15, 0.2) is 0 Å². The molecule has 1 aromatic heterocycles. The van der Waals surface area contributed by atoms with Gasteiger partial charge in [-0.05, 0) is 19.1 Å². The van der Waals surface area contributed by atoms with Crippen LogP contribution < -0.4 is 5.56 Å². The standard InChI is InChI=1S/C13H10F3NO3/c1-2-17-8-6-4-3-5-7(8)10(18)9(12(17)20)11(19)13(14,15)16/h3-6,18H,2H2,1H3. The molecule has 0 amide bonds. The summed E-state index contributed by atoms with van der Waals surface area (Å²) in [6.45, 7) is 1.64. The average molecular weight is 285 g/mol. The van der Waals surface area contributed by atoms with Crippen molar-refractivity contribution in [1.29, 1.82) is 0 Å². The molecule has 0 spiro atoms. The lowest BCUT2D eigenvalue weighted by molar-refractivity contribution is -0.0887. The SMILES string of the molecule is CCn1c(=O)c(C(=O)C(F)(F)F)c(O)c2ccccc21. The number of carbonyl (C=O) groups is 1. The van der Waals surface area contributed by atoms with E-state index in [1.54, 1.807) is 13.0 Å². The number of hydrogen-bond acceptors (Lipinski definition) is 3. The lowest BCUT2D eigenvalue weighted by Gasteiger charge is -2.13. The lowest BCUT2D eigenvalue weighted by Crippen LogP contribution is -2.33. The van der Waals surface area contributed by atoms with Crippen LogP contribution in [0, 0.1) is 0 Å². The largest absolute Gasteiger partial charge is 0.506 e. The summed E-state index contributed by atoms with van der Waals surface area (Å²) in [6.07, 6.45) is -5.22. The molecule has 0 unspecified atom stereocenters. The molecule has 7 heteroatoms. The number of aromatic hydroxyl groups is 1. The van der Waals surface area contributed by atoms with E-state index in [0.29, 0.717) is 0 Å². The monoisotopic (exact) mass is 285 g/mol. The van der Waals surface area contributed by atoms with E-state index in [9.17, 15) is 27.9 Å². The molecule has 0 aliphatic heterocycles. The van der Waals surface area contributed by atoms with E-state index >= 15 is 0 Å². The maximum atomic E-state index is 12.5. The third-order valence-corrected chi connectivity index (χ3v) is 2.95. The highest BCUT2D eigenvalue weighted by atomic mass is 19.4. The Hall–Kier alpha value is -2.31. The van der Waals surface area contributed by atoms with E-state index in [1.165, 1.54) is 18.2 Å². The minimum atomic E-state index is -5.22. The van der Waals surface area contributed by atoms with Gasteiger partial charge in [0.25, 0.3) is 11.3 Å². The number of fused-ring (bicyclic) bond motifs is 1. The third kappa shape index (κ3) is 2.04. The second kappa shape index (κ2) is 4.66. The highest BCUT2D eigenvalue weighted by Gasteiger charge is 2.43. The minimum absolute atomic E-state index is 0.0292. The maximum Gasteiger partial charge on any atom is 0.455 e. The average Bonchev–Trinajstić information content (AvgIpc) is 2.38. The van der Waals surface area contributed by atoms with Crippen LogP contribution in [-0.2, 0) is 6.54 Å². The van der Waals surface area contributed by atoms with Crippen molar-refractivity contribution in [3.63, 3.8) is 0 Å². The van der Waals surface area contributed by atoms with Crippen molar-refractivity contribution in [3.05, 3.63) is 40.2 Å². The van der Waals surface area contributed by atoms with Crippen molar-refractivity contribution < 1.29 is 23.1 Å². The maximum absolute atomic E-state index is 12.5. The summed E-state index contributed by atoms with van der Waals surface area (Å²) in [5.74, 6) is -3.27. The van der Waals surface area contributed by atoms with E-state index in [1.807, 2.05) is 0 Å². The molecule has 1 aromatic carbocycles. The van der Waals surface area contributed by atoms with E-state index < -0.39 is 28.8 Å². The van der Waals surface area contributed by atoms with E-state index in [0.717, 1.165) is 4.57 Å². The number of aromatic nitrogens is 1. The predicted octanol–water partition coefficient (Wildman–Crippen LogP) is 2.47. The van der Waals surface area contributed by atoms with Crippen LogP contribution >= 0.6 is 0 Å². The summed E-state index contributed by atoms with van der Waals surface area (Å²) < 4.78 is 38.6. The van der Waals surface area contributed by atoms with Crippen LogP contribution in [0.15, 0.2) is 29.1 Å². The molecule has 0 saturated carbocycles. The van der Waals surface area contributed by atoms with Crippen molar-refractivity contribution in [2.45, 2.75) is 19.6 Å². The number of aryl methyl sites for hydroxylation is 1. The highest BCUT2D eigenvalue weighted by molar-refractivity contribution is 6.06. The quantitative estimate of drug-likeness (QED) is 0.862. The Kier molecular flexibility index (Phi) is 3.29. The van der Waals surface area contributed by atoms with Gasteiger partial charge in [-0.3, -0.25) is 9.59 Å². The second-order valence-corrected chi connectivity index (χ2v) is 4.12. The molecule has 0 bridgehead atoms. The van der Waals surface area contributed by atoms with Crippen molar-refractivity contribution in [2.75, 3.05) is 0 Å². The molecule has 2 aromatic rings. The molecule has 0 aliphatic rings. The number of rotatable bonds is 2. The van der Waals surface area contributed by atoms with Gasteiger partial charge in [-0.2, -0.15) is 13.2 Å². The van der Waals surface area contributed by atoms with E-state index in [4.69, 9.17) is 0 Å². The number of hydrogen-bond donors (Lipinski definition) is 1. The Morgan fingerprint density at radius 3 is 2.45 bits per heavy atom. The number of benzene rings is 1. The Balaban J connectivity index is 2.93. The second-order valence-electron chi connectivity index (χ2n) is 4.12. The molecule has 0 aliphatic carbocycles. The van der Waals surface area contributed by atoms with Crippen LogP contribution in [0.1, 0.15) is 17.3 Å². The smallest absolute Gasteiger partial charge is 0.455 e. The zero-order valence-corrected chi connectivity index (χ0v) is 10.4. The molecule has 0 saturated heterocycles. The fourth-order valence-corrected chi connectivity index (χ4v) is 2.05. The fraction of sp³-hybridized carbons (Fsp3) is 0.231. The van der Waals surface area contributed by atoms with Gasteiger partial charge in [-0.15, -0.1) is 0 Å². The number of nitrogens with zero attached hydrogens (tertiary/aromatic N) is 1. The van der Waals surface area contributed by atoms with Gasteiger partial charge in [0, 0.05) is 11.9 Å². The first-order valence-electron chi connectivity index (χ1n) is 5.75. The number of alkyl halides is 3. The summed E-state index contributed by atoms with van der Waals surface area (Å²) in [5.41, 5.74) is -2.11. The zero-order valence-electron chi connectivity index (χ0n) is 10.4. The number of pyridine rings is 1. The van der Waals surface area contributed by atoms with E-state index in [-0.39, 0.29) is 17.4 Å². The topological polar surface area (TPSA) is 59.3 Å². The summed E-state index contributed by atoms with van der Waals surface area (Å²) in [6, 6.07) is 5.91. The van der Waals surface area contributed by atoms with Gasteiger partial charge in [0.05, 0.1) is 5.52 Å². The van der Waals surface area contributed by atoms with Crippen LogP contribution in [0.4, 0.5) is 13.2 Å². The van der Waals surface area contributed by atoms with Crippen LogP contribution in [-0.4, -0.2) is 21.6 Å². The molecule has 106 valence electrons. The van der Waals surface area contributed by atoms with Crippen LogP contribution in [0.2, 0.25) is 0 Å². The normalized spacial score (nSPS) is 11.8. The van der Waals surface area contributed by atoms with Crippen molar-refractivity contribution in [3.8, 4) is 5.75 Å². The highest BCUT2D eigenvalue weighted by Crippen LogP contribution is 2.30. The molecule has 1 N–H and O–H groups in total. The number of para-hydroxylation sites is 1. The van der Waals surface area contributed by atoms with Gasteiger partial charge >= 0.3 is 6.18 Å². The molecule has 1 heterocycles. The lowest BCUT2D eigenvalue weighted by atomic mass is 10.1. The van der Waals surface area contributed by atoms with Crippen LogP contribution in [0.3, 0.4) is 0 Å². The predicted molar refractivity (Wildman–Crippen MR) is 65.9 cm³/mol. The Bertz CT molecular complexity index is 747. The molecular weight excluding hydrogens is 275 g/mol. The third-order valence-electron chi connectivity index (χ3n) is 2.95. The summed E-state index contributed by atoms with van der Waals surface area (Å²) in [5, 5.41) is 9.88. The van der Waals surface area contributed by atoms with Crippen LogP contribution in [0.5, 0.6) is 5.75 Å². The molecule has 0 radical (unpaired) electrons. The number of Topliss-reactive ketones (excluding diaryl/α,β-unsaturated/α-hetero) is 1. The van der Waals surface area contributed by atoms with Gasteiger partial charge in [0.1, 0.15) is 11.3 Å². The van der Waals surface area contributed by atoms with Gasteiger partial charge < -0.3 is 9.67 Å². The van der Waals surface area contributed by atoms with Crippen molar-refractivity contribution in [2.24, 2.45) is 0 Å². The first-order valence-corrected chi connectivity index (χ1v) is 5.75. The first-order chi connectivity index (χ1) is 9.29. The summed E-state index contributed by atoms with van der Waals surface area (Å²) in [7, 11) is 0. The van der Waals surface area contributed by atoms with Gasteiger partial charge in [-0.1, -0.05) is 12.1 Å². The summed E-state index contributed by atoms with van der Waals surface area (Å²) >= 11 is 0. The molecule has 2 rings (SSSR count). The number of ketones is 1. The zero-order chi connectivity index (χ0) is 15.1. The summed E-state index contributed by atoms with van der Waals surface area (Å²) in [4.78, 5) is 23.3. The fourth-order valence-electron chi connectivity index (χ4n) is 2.05. The van der Waals surface area contributed by atoms with Gasteiger partial charge in [-0.25, -0.2) is 0 Å². The molecule has 4 nitrogen and oxygen atoms in total. The van der Waals surface area contributed by atoms with Crippen LogP contribution in [0.25, 0.3) is 10.9 Å². The number of halogens is 3. The van der Waals surface area contributed by atoms with Gasteiger partial charge in [0.2, 0.25) is 0 Å². The van der Waals surface area contributed by atoms with E-state index in [2.05, 4.69) is 0 Å². The Labute approximate surface area is 111 Å². The Morgan fingerprint density at radius 2 is 1.90 bits per heavy atom. The Morgan fingerprint density at radius 1 is 1.30 bits per heavy atom.